The molecule has 2 heterocycles. The maximum Gasteiger partial charge on any atom is 0.268 e. The Labute approximate surface area is 348 Å². The fourth-order valence-corrected chi connectivity index (χ4v) is 9.23. The van der Waals surface area contributed by atoms with Gasteiger partial charge in [0.05, 0.1) is 10.5 Å². The molecule has 12 heteroatoms. The van der Waals surface area contributed by atoms with Gasteiger partial charge in [-0.25, -0.2) is 13.1 Å². The Kier molecular flexibility index (Phi) is 12.5. The molecule has 5 aromatic rings. The van der Waals surface area contributed by atoms with Crippen molar-refractivity contribution in [2.24, 2.45) is 5.41 Å². The highest BCUT2D eigenvalue weighted by Gasteiger charge is 2.30. The Morgan fingerprint density at radius 2 is 1.72 bits per heavy atom. The number of rotatable bonds is 14. The predicted octanol–water partition coefficient (Wildman–Crippen LogP) is 9.19. The number of H-pyrrole nitrogens is 1. The van der Waals surface area contributed by atoms with Crippen LogP contribution in [0.25, 0.3) is 16.5 Å². The van der Waals surface area contributed by atoms with E-state index < -0.39 is 15.9 Å². The second-order valence-electron chi connectivity index (χ2n) is 16.7. The summed E-state index contributed by atoms with van der Waals surface area (Å²) in [4.78, 5) is 24.0. The molecule has 0 bridgehead atoms. The molecule has 2 aliphatic rings. The lowest BCUT2D eigenvalue weighted by molar-refractivity contribution is 0.0979. The van der Waals surface area contributed by atoms with E-state index in [2.05, 4.69) is 55.7 Å². The van der Waals surface area contributed by atoms with E-state index in [4.69, 9.17) is 16.3 Å². The summed E-state index contributed by atoms with van der Waals surface area (Å²) in [5.74, 6) is 0.0476. The van der Waals surface area contributed by atoms with Crippen LogP contribution in [0.3, 0.4) is 0 Å². The van der Waals surface area contributed by atoms with Crippen molar-refractivity contribution in [3.05, 3.63) is 118 Å². The number of hydrogen-bond acceptors (Lipinski definition) is 8. The van der Waals surface area contributed by atoms with Crippen molar-refractivity contribution in [1.82, 2.24) is 19.5 Å². The van der Waals surface area contributed by atoms with Crippen LogP contribution < -0.4 is 19.7 Å². The number of amides is 1. The van der Waals surface area contributed by atoms with E-state index in [0.29, 0.717) is 5.75 Å². The first-order chi connectivity index (χ1) is 27.7. The number of allylic oxidation sites excluding steroid dienone is 1. The number of aromatic amines is 1. The average Bonchev–Trinajstić information content (AvgIpc) is 3.65. The standard InChI is InChI=1S/C46H55ClN6O4S/c1-32-27-39(13-16-42(32)48-20-6-22-51(4)5)58(55,56)50-45(54)41-14-11-37(29-44(41)57-38-12-15-43-34(28-38)18-21-49-43)53-25-23-52(24-26-53)31-35-30-46(2,3)19-17-40(35)33-7-9-36(47)10-8-33/h7-16,18,21,27-29,48-49H,6,17,19-20,22-26,30-31H2,1-5H3,(H,50,54). The van der Waals surface area contributed by atoms with Crippen molar-refractivity contribution < 1.29 is 17.9 Å². The topological polar surface area (TPSA) is 110 Å². The lowest BCUT2D eigenvalue weighted by atomic mass is 9.73. The second kappa shape index (κ2) is 17.6. The number of sulfonamides is 1. The van der Waals surface area contributed by atoms with E-state index in [1.54, 1.807) is 18.2 Å². The SMILES string of the molecule is Cc1cc(S(=O)(=O)NC(=O)c2ccc(N3CCN(CC4=C(c5ccc(Cl)cc5)CCC(C)(C)C4)CC3)cc2Oc2ccc3[nH]ccc3c2)ccc1NCCCN(C)C. The number of fused-ring (bicyclic) bond motifs is 1. The minimum Gasteiger partial charge on any atom is -0.456 e. The fourth-order valence-electron chi connectivity index (χ4n) is 8.06. The molecule has 0 radical (unpaired) electrons. The summed E-state index contributed by atoms with van der Waals surface area (Å²) in [7, 11) is -0.132. The van der Waals surface area contributed by atoms with Crippen LogP contribution in [0.4, 0.5) is 11.4 Å². The first kappa shape index (κ1) is 41.4. The Hall–Kier alpha value is -4.81. The number of piperazine rings is 1. The van der Waals surface area contributed by atoms with E-state index in [-0.39, 0.29) is 21.6 Å². The summed E-state index contributed by atoms with van der Waals surface area (Å²) in [5, 5.41) is 5.09. The van der Waals surface area contributed by atoms with Crippen LogP contribution in [-0.4, -0.2) is 89.0 Å². The van der Waals surface area contributed by atoms with Crippen LogP contribution >= 0.6 is 11.6 Å². The molecular weight excluding hydrogens is 768 g/mol. The molecule has 306 valence electrons. The number of ether oxygens (including phenoxy) is 1. The number of halogens is 1. The van der Waals surface area contributed by atoms with Gasteiger partial charge in [0.2, 0.25) is 0 Å². The van der Waals surface area contributed by atoms with Gasteiger partial charge in [-0.2, -0.15) is 0 Å². The van der Waals surface area contributed by atoms with Crippen molar-refractivity contribution in [3.63, 3.8) is 0 Å². The van der Waals surface area contributed by atoms with Gasteiger partial charge >= 0.3 is 0 Å². The highest BCUT2D eigenvalue weighted by Crippen LogP contribution is 2.43. The third-order valence-corrected chi connectivity index (χ3v) is 12.9. The summed E-state index contributed by atoms with van der Waals surface area (Å²) in [6.45, 7) is 12.6. The third-order valence-electron chi connectivity index (χ3n) is 11.3. The van der Waals surface area contributed by atoms with Crippen LogP contribution in [0.2, 0.25) is 5.02 Å². The zero-order valence-electron chi connectivity index (χ0n) is 34.2. The Morgan fingerprint density at radius 1 is 0.948 bits per heavy atom. The van der Waals surface area contributed by atoms with E-state index in [1.807, 2.05) is 75.7 Å². The molecule has 58 heavy (non-hydrogen) atoms. The molecule has 1 saturated heterocycles. The molecule has 0 atom stereocenters. The predicted molar refractivity (Wildman–Crippen MR) is 237 cm³/mol. The Bertz CT molecular complexity index is 2400. The number of anilines is 2. The first-order valence-corrected chi connectivity index (χ1v) is 22.0. The third kappa shape index (κ3) is 10.1. The lowest BCUT2D eigenvalue weighted by Crippen LogP contribution is -2.47. The number of carbonyl (C=O) groups is 1. The molecule has 10 nitrogen and oxygen atoms in total. The molecule has 1 aromatic heterocycles. The normalized spacial score (nSPS) is 16.2. The van der Waals surface area contributed by atoms with E-state index in [9.17, 15) is 13.2 Å². The number of aromatic nitrogens is 1. The minimum absolute atomic E-state index is 0.0138. The molecular formula is C46H55ClN6O4S. The average molecular weight is 824 g/mol. The van der Waals surface area contributed by atoms with Crippen molar-refractivity contribution in [3.8, 4) is 11.5 Å². The van der Waals surface area contributed by atoms with Crippen molar-refractivity contribution in [2.75, 3.05) is 70.1 Å². The van der Waals surface area contributed by atoms with Gasteiger partial charge in [0.15, 0.2) is 0 Å². The Morgan fingerprint density at radius 3 is 2.47 bits per heavy atom. The fraction of sp³-hybridized carbons (Fsp3) is 0.370. The van der Waals surface area contributed by atoms with E-state index >= 15 is 0 Å². The molecule has 1 aliphatic carbocycles. The summed E-state index contributed by atoms with van der Waals surface area (Å²) >= 11 is 6.24. The zero-order chi connectivity index (χ0) is 41.0. The number of nitrogens with one attached hydrogen (secondary N) is 3. The van der Waals surface area contributed by atoms with E-state index in [0.717, 1.165) is 104 Å². The number of benzene rings is 4. The number of hydrogen-bond donors (Lipinski definition) is 3. The van der Waals surface area contributed by atoms with Gasteiger partial charge in [-0.3, -0.25) is 9.69 Å². The summed E-state index contributed by atoms with van der Waals surface area (Å²) in [6, 6.07) is 26.1. The van der Waals surface area contributed by atoms with Gasteiger partial charge < -0.3 is 24.8 Å². The molecule has 1 amide bonds. The first-order valence-electron chi connectivity index (χ1n) is 20.1. The maximum atomic E-state index is 13.9. The molecule has 0 unspecified atom stereocenters. The highest BCUT2D eigenvalue weighted by molar-refractivity contribution is 7.90. The monoisotopic (exact) mass is 822 g/mol. The maximum absolute atomic E-state index is 13.9. The van der Waals surface area contributed by atoms with Gasteiger partial charge in [-0.05, 0) is 142 Å². The number of aryl methyl sites for hydroxylation is 1. The summed E-state index contributed by atoms with van der Waals surface area (Å²) in [6.07, 6.45) is 6.10. The smallest absolute Gasteiger partial charge is 0.268 e. The second-order valence-corrected chi connectivity index (χ2v) is 18.8. The number of carbonyl (C=O) groups excluding carboxylic acids is 1. The molecule has 1 fully saturated rings. The van der Waals surface area contributed by atoms with Crippen LogP contribution in [0, 0.1) is 12.3 Å². The van der Waals surface area contributed by atoms with Crippen molar-refractivity contribution in [2.45, 2.75) is 51.3 Å². The molecule has 7 rings (SSSR count). The molecule has 0 saturated carbocycles. The van der Waals surface area contributed by atoms with Crippen LogP contribution in [-0.2, 0) is 10.0 Å². The molecule has 0 spiro atoms. The molecule has 4 aromatic carbocycles. The van der Waals surface area contributed by atoms with Gasteiger partial charge in [-0.1, -0.05) is 43.2 Å². The number of nitrogens with zero attached hydrogens (tertiary/aromatic N) is 3. The van der Waals surface area contributed by atoms with E-state index in [1.165, 1.54) is 22.8 Å². The molecule has 3 N–H and O–H groups in total. The Balaban J connectivity index is 1.08. The minimum atomic E-state index is -4.19. The van der Waals surface area contributed by atoms with Gasteiger partial charge in [0.1, 0.15) is 11.5 Å². The van der Waals surface area contributed by atoms with Gasteiger partial charge in [0, 0.05) is 78.8 Å². The highest BCUT2D eigenvalue weighted by atomic mass is 35.5. The molecule has 1 aliphatic heterocycles. The largest absolute Gasteiger partial charge is 0.456 e. The van der Waals surface area contributed by atoms with Gasteiger partial charge in [0.25, 0.3) is 15.9 Å². The van der Waals surface area contributed by atoms with Crippen molar-refractivity contribution in [1.29, 1.82) is 0 Å². The van der Waals surface area contributed by atoms with Crippen LogP contribution in [0.15, 0.2) is 102 Å². The van der Waals surface area contributed by atoms with Crippen molar-refractivity contribution >= 4 is 55.4 Å². The van der Waals surface area contributed by atoms with Crippen LogP contribution in [0.1, 0.15) is 61.0 Å². The zero-order valence-corrected chi connectivity index (χ0v) is 35.8. The summed E-state index contributed by atoms with van der Waals surface area (Å²) in [5.41, 5.74) is 8.09. The quantitative estimate of drug-likeness (QED) is 0.0952. The lowest BCUT2D eigenvalue weighted by Gasteiger charge is -2.39. The summed E-state index contributed by atoms with van der Waals surface area (Å²) < 4.78 is 36.0. The van der Waals surface area contributed by atoms with Gasteiger partial charge in [-0.15, -0.1) is 0 Å². The van der Waals surface area contributed by atoms with Crippen LogP contribution in [0.5, 0.6) is 11.5 Å².